The smallest absolute Gasteiger partial charge is 0.385 e. The van der Waals surface area contributed by atoms with Crippen LogP contribution in [-0.4, -0.2) is 22.7 Å². The van der Waals surface area contributed by atoms with Crippen molar-refractivity contribution in [2.75, 3.05) is 6.54 Å². The molecule has 1 aromatic rings. The minimum atomic E-state index is -4.48. The first kappa shape index (κ1) is 13.3. The van der Waals surface area contributed by atoms with E-state index in [1.807, 2.05) is 0 Å². The second-order valence-corrected chi connectivity index (χ2v) is 4.50. The van der Waals surface area contributed by atoms with Gasteiger partial charge in [0.25, 0.3) is 0 Å². The quantitative estimate of drug-likeness (QED) is 0.873. The Labute approximate surface area is 103 Å². The largest absolute Gasteiger partial charge is 0.433 e. The highest BCUT2D eigenvalue weighted by Gasteiger charge is 2.32. The van der Waals surface area contributed by atoms with E-state index < -0.39 is 18.0 Å². The van der Waals surface area contributed by atoms with E-state index in [1.165, 1.54) is 12.1 Å². The Morgan fingerprint density at radius 3 is 2.67 bits per heavy atom. The molecule has 6 heteroatoms. The van der Waals surface area contributed by atoms with Crippen LogP contribution < -0.4 is 5.32 Å². The van der Waals surface area contributed by atoms with E-state index in [-0.39, 0.29) is 12.2 Å². The molecule has 1 aliphatic carbocycles. The molecule has 1 saturated carbocycles. The maximum atomic E-state index is 12.4. The molecule has 0 saturated heterocycles. The van der Waals surface area contributed by atoms with Crippen LogP contribution in [0.3, 0.4) is 0 Å². The number of alkyl halides is 3. The third-order valence-corrected chi connectivity index (χ3v) is 3.11. The second-order valence-electron chi connectivity index (χ2n) is 4.50. The summed E-state index contributed by atoms with van der Waals surface area (Å²) in [4.78, 5) is 3.45. The third-order valence-electron chi connectivity index (χ3n) is 3.11. The van der Waals surface area contributed by atoms with Crippen LogP contribution in [-0.2, 0) is 6.18 Å². The first-order valence-corrected chi connectivity index (χ1v) is 5.92. The van der Waals surface area contributed by atoms with Gasteiger partial charge in [-0.15, -0.1) is 0 Å². The van der Waals surface area contributed by atoms with Crippen LogP contribution in [0.25, 0.3) is 0 Å². The van der Waals surface area contributed by atoms with Gasteiger partial charge in [-0.25, -0.2) is 4.98 Å². The lowest BCUT2D eigenvalue weighted by Crippen LogP contribution is -2.37. The topological polar surface area (TPSA) is 45.1 Å². The van der Waals surface area contributed by atoms with E-state index in [1.54, 1.807) is 0 Å². The first-order chi connectivity index (χ1) is 8.47. The summed E-state index contributed by atoms with van der Waals surface area (Å²) in [7, 11) is 0. The van der Waals surface area contributed by atoms with Gasteiger partial charge in [-0.3, -0.25) is 0 Å². The molecule has 0 radical (unpaired) electrons. The standard InChI is InChI=1S/C12H15F3N2O/c13-12(14,15)11-6-2-5-9(17-11)10(18)7-16-8-3-1-4-8/h2,5-6,8,10,16,18H,1,3-4,7H2. The van der Waals surface area contributed by atoms with Crippen molar-refractivity contribution >= 4 is 0 Å². The van der Waals surface area contributed by atoms with E-state index in [9.17, 15) is 18.3 Å². The Kier molecular flexibility index (Phi) is 3.87. The number of nitrogens with one attached hydrogen (secondary N) is 1. The molecule has 0 bridgehead atoms. The minimum absolute atomic E-state index is 0.0525. The number of aromatic nitrogens is 1. The fourth-order valence-electron chi connectivity index (χ4n) is 1.79. The van der Waals surface area contributed by atoms with Gasteiger partial charge in [0.15, 0.2) is 0 Å². The van der Waals surface area contributed by atoms with Crippen LogP contribution in [0.5, 0.6) is 0 Å². The molecule has 1 unspecified atom stereocenters. The SMILES string of the molecule is OC(CNC1CCC1)c1cccc(C(F)(F)F)n1. The fraction of sp³-hybridized carbons (Fsp3) is 0.583. The van der Waals surface area contributed by atoms with E-state index in [4.69, 9.17) is 0 Å². The maximum Gasteiger partial charge on any atom is 0.433 e. The lowest BCUT2D eigenvalue weighted by atomic mass is 9.93. The summed E-state index contributed by atoms with van der Waals surface area (Å²) in [5.41, 5.74) is -0.917. The molecule has 0 amide bonds. The zero-order valence-electron chi connectivity index (χ0n) is 9.74. The van der Waals surface area contributed by atoms with E-state index in [2.05, 4.69) is 10.3 Å². The lowest BCUT2D eigenvalue weighted by molar-refractivity contribution is -0.141. The molecule has 0 aromatic carbocycles. The summed E-state index contributed by atoms with van der Waals surface area (Å²) in [6.07, 6.45) is -2.20. The predicted molar refractivity (Wildman–Crippen MR) is 59.8 cm³/mol. The molecule has 100 valence electrons. The summed E-state index contributed by atoms with van der Waals surface area (Å²) >= 11 is 0. The summed E-state index contributed by atoms with van der Waals surface area (Å²) in [6.45, 7) is 0.235. The molecular formula is C12H15F3N2O. The predicted octanol–water partition coefficient (Wildman–Crippen LogP) is 2.28. The van der Waals surface area contributed by atoms with Crippen molar-refractivity contribution in [3.63, 3.8) is 0 Å². The highest BCUT2D eigenvalue weighted by Crippen LogP contribution is 2.28. The molecule has 0 aliphatic heterocycles. The van der Waals surface area contributed by atoms with Crippen LogP contribution in [0.15, 0.2) is 18.2 Å². The Balaban J connectivity index is 1.98. The van der Waals surface area contributed by atoms with Crippen LogP contribution in [0.2, 0.25) is 0 Å². The summed E-state index contributed by atoms with van der Waals surface area (Å²) in [5.74, 6) is 0. The minimum Gasteiger partial charge on any atom is -0.385 e. The van der Waals surface area contributed by atoms with Crippen molar-refractivity contribution in [2.24, 2.45) is 0 Å². The van der Waals surface area contributed by atoms with Crippen molar-refractivity contribution < 1.29 is 18.3 Å². The number of hydrogen-bond donors (Lipinski definition) is 2. The van der Waals surface area contributed by atoms with Gasteiger partial charge >= 0.3 is 6.18 Å². The van der Waals surface area contributed by atoms with Gasteiger partial charge in [0.1, 0.15) is 11.8 Å². The van der Waals surface area contributed by atoms with Crippen molar-refractivity contribution in [2.45, 2.75) is 37.6 Å². The number of hydrogen-bond acceptors (Lipinski definition) is 3. The molecule has 18 heavy (non-hydrogen) atoms. The maximum absolute atomic E-state index is 12.4. The van der Waals surface area contributed by atoms with Gasteiger partial charge in [0.05, 0.1) is 5.69 Å². The normalized spacial score (nSPS) is 18.4. The van der Waals surface area contributed by atoms with Crippen molar-refractivity contribution in [1.29, 1.82) is 0 Å². The monoisotopic (exact) mass is 260 g/mol. The highest BCUT2D eigenvalue weighted by atomic mass is 19.4. The van der Waals surface area contributed by atoms with Gasteiger partial charge < -0.3 is 10.4 Å². The summed E-state index contributed by atoms with van der Waals surface area (Å²) in [5, 5.41) is 12.9. The number of aliphatic hydroxyl groups excluding tert-OH is 1. The van der Waals surface area contributed by atoms with Crippen molar-refractivity contribution in [1.82, 2.24) is 10.3 Å². The summed E-state index contributed by atoms with van der Waals surface area (Å²) < 4.78 is 37.3. The molecular weight excluding hydrogens is 245 g/mol. The number of rotatable bonds is 4. The van der Waals surface area contributed by atoms with Crippen LogP contribution in [0.4, 0.5) is 13.2 Å². The molecule has 2 N–H and O–H groups in total. The molecule has 1 heterocycles. The molecule has 1 aliphatic rings. The van der Waals surface area contributed by atoms with Gasteiger partial charge in [0.2, 0.25) is 0 Å². The van der Waals surface area contributed by atoms with Crippen molar-refractivity contribution in [3.8, 4) is 0 Å². The Morgan fingerprint density at radius 2 is 2.11 bits per heavy atom. The van der Waals surface area contributed by atoms with Gasteiger partial charge in [0, 0.05) is 12.6 Å². The lowest BCUT2D eigenvalue weighted by Gasteiger charge is -2.27. The number of nitrogens with zero attached hydrogens (tertiary/aromatic N) is 1. The van der Waals surface area contributed by atoms with E-state index in [0.717, 1.165) is 25.3 Å². The zero-order chi connectivity index (χ0) is 13.2. The number of halogens is 3. The molecule has 1 atom stereocenters. The molecule has 1 aromatic heterocycles. The van der Waals surface area contributed by atoms with Crippen LogP contribution >= 0.6 is 0 Å². The van der Waals surface area contributed by atoms with Crippen LogP contribution in [0, 0.1) is 0 Å². The fourth-order valence-corrected chi connectivity index (χ4v) is 1.79. The number of pyridine rings is 1. The molecule has 1 fully saturated rings. The van der Waals surface area contributed by atoms with Gasteiger partial charge in [-0.2, -0.15) is 13.2 Å². The molecule has 3 nitrogen and oxygen atoms in total. The average Bonchev–Trinajstić information content (AvgIpc) is 2.26. The second kappa shape index (κ2) is 5.24. The molecule has 0 spiro atoms. The average molecular weight is 260 g/mol. The summed E-state index contributed by atoms with van der Waals surface area (Å²) in [6, 6.07) is 3.95. The Bertz CT molecular complexity index is 405. The van der Waals surface area contributed by atoms with Gasteiger partial charge in [-0.05, 0) is 25.0 Å². The highest BCUT2D eigenvalue weighted by molar-refractivity contribution is 5.15. The van der Waals surface area contributed by atoms with Gasteiger partial charge in [-0.1, -0.05) is 12.5 Å². The Morgan fingerprint density at radius 1 is 1.39 bits per heavy atom. The molecule has 2 rings (SSSR count). The van der Waals surface area contributed by atoms with E-state index in [0.29, 0.717) is 6.04 Å². The zero-order valence-corrected chi connectivity index (χ0v) is 9.74. The van der Waals surface area contributed by atoms with E-state index >= 15 is 0 Å². The third kappa shape index (κ3) is 3.20. The van der Waals surface area contributed by atoms with Crippen LogP contribution in [0.1, 0.15) is 36.8 Å². The number of aliphatic hydroxyl groups is 1. The van der Waals surface area contributed by atoms with Crippen molar-refractivity contribution in [3.05, 3.63) is 29.6 Å². The first-order valence-electron chi connectivity index (χ1n) is 5.92. The Hall–Kier alpha value is -1.14.